The Hall–Kier alpha value is -1.88. The van der Waals surface area contributed by atoms with Crippen LogP contribution in [0.2, 0.25) is 0 Å². The number of hydrogen-bond donors (Lipinski definition) is 1. The van der Waals surface area contributed by atoms with Gasteiger partial charge in [-0.15, -0.1) is 0 Å². The van der Waals surface area contributed by atoms with Crippen LogP contribution in [0.1, 0.15) is 10.4 Å². The first-order valence-corrected chi connectivity index (χ1v) is 11.1. The lowest BCUT2D eigenvalue weighted by Gasteiger charge is -2.15. The van der Waals surface area contributed by atoms with E-state index in [9.17, 15) is 18.0 Å². The minimum atomic E-state index is -3.72. The first-order valence-electron chi connectivity index (χ1n) is 8.05. The summed E-state index contributed by atoms with van der Waals surface area (Å²) in [4.78, 5) is 26.7. The zero-order chi connectivity index (χ0) is 21.1. The molecule has 2 aromatic rings. The maximum absolute atomic E-state index is 12.7. The molecule has 28 heavy (non-hydrogen) atoms. The fraction of sp³-hybridized carbons (Fsp3) is 0.222. The van der Waals surface area contributed by atoms with Gasteiger partial charge in [0.2, 0.25) is 10.0 Å². The van der Waals surface area contributed by atoms with Crippen LogP contribution in [0.3, 0.4) is 0 Å². The van der Waals surface area contributed by atoms with Gasteiger partial charge in [-0.1, -0.05) is 12.1 Å². The Balaban J connectivity index is 2.34. The van der Waals surface area contributed by atoms with Crippen molar-refractivity contribution in [3.8, 4) is 0 Å². The molecule has 0 fully saturated rings. The molecule has 0 radical (unpaired) electrons. The molecule has 0 saturated heterocycles. The maximum Gasteiger partial charge on any atom is 0.286 e. The fourth-order valence-electron chi connectivity index (χ4n) is 2.08. The molecule has 10 heteroatoms. The highest BCUT2D eigenvalue weighted by atomic mass is 79.9. The number of nitrogens with zero attached hydrogens (tertiary/aromatic N) is 2. The number of amides is 2. The monoisotopic (exact) mass is 485 g/mol. The van der Waals surface area contributed by atoms with E-state index < -0.39 is 15.9 Å². The second-order valence-corrected chi connectivity index (χ2v) is 10.1. The molecule has 0 heterocycles. The second kappa shape index (κ2) is 9.08. The highest BCUT2D eigenvalue weighted by molar-refractivity contribution is 9.10. The molecule has 0 aromatic heterocycles. The number of nitrogens with one attached hydrogen (secondary N) is 1. The SMILES string of the molecule is CN(C)C(=O)Sc1ccccc1NC(=O)c1ccc(Br)c(S(=O)(=O)N(C)C)c1. The van der Waals surface area contributed by atoms with Gasteiger partial charge in [-0.05, 0) is 58.0 Å². The van der Waals surface area contributed by atoms with Gasteiger partial charge in [0, 0.05) is 43.1 Å². The van der Waals surface area contributed by atoms with Crippen LogP contribution in [0.15, 0.2) is 56.7 Å². The predicted octanol–water partition coefficient (Wildman–Crippen LogP) is 3.73. The molecule has 1 N–H and O–H groups in total. The number of anilines is 1. The molecule has 0 unspecified atom stereocenters. The van der Waals surface area contributed by atoms with Crippen LogP contribution in [-0.2, 0) is 10.0 Å². The lowest BCUT2D eigenvalue weighted by Crippen LogP contribution is -2.23. The fourth-order valence-corrected chi connectivity index (χ4v) is 4.67. The van der Waals surface area contributed by atoms with E-state index in [2.05, 4.69) is 21.2 Å². The van der Waals surface area contributed by atoms with E-state index >= 15 is 0 Å². The van der Waals surface area contributed by atoms with Crippen molar-refractivity contribution in [2.45, 2.75) is 9.79 Å². The summed E-state index contributed by atoms with van der Waals surface area (Å²) in [7, 11) is 2.41. The Kier molecular flexibility index (Phi) is 7.27. The molecule has 0 aliphatic heterocycles. The Morgan fingerprint density at radius 2 is 1.68 bits per heavy atom. The molecule has 7 nitrogen and oxygen atoms in total. The van der Waals surface area contributed by atoms with E-state index in [0.717, 1.165) is 16.1 Å². The molecule has 0 aliphatic rings. The molecule has 0 spiro atoms. The first kappa shape index (κ1) is 22.4. The van der Waals surface area contributed by atoms with Crippen LogP contribution in [-0.4, -0.2) is 57.0 Å². The smallest absolute Gasteiger partial charge is 0.286 e. The van der Waals surface area contributed by atoms with E-state index in [1.165, 1.54) is 37.2 Å². The molecular weight excluding hydrogens is 466 g/mol. The Labute approximate surface area is 177 Å². The van der Waals surface area contributed by atoms with Gasteiger partial charge >= 0.3 is 0 Å². The predicted molar refractivity (Wildman–Crippen MR) is 114 cm³/mol. The number of carbonyl (C=O) groups is 2. The van der Waals surface area contributed by atoms with Gasteiger partial charge in [0.05, 0.1) is 10.6 Å². The van der Waals surface area contributed by atoms with Gasteiger partial charge in [-0.25, -0.2) is 12.7 Å². The van der Waals surface area contributed by atoms with Crippen molar-refractivity contribution < 1.29 is 18.0 Å². The average molecular weight is 486 g/mol. The third-order valence-electron chi connectivity index (χ3n) is 3.65. The van der Waals surface area contributed by atoms with E-state index in [0.29, 0.717) is 15.1 Å². The third-order valence-corrected chi connectivity index (χ3v) is 7.57. The van der Waals surface area contributed by atoms with Crippen molar-refractivity contribution >= 4 is 54.5 Å². The van der Waals surface area contributed by atoms with E-state index in [4.69, 9.17) is 0 Å². The van der Waals surface area contributed by atoms with Crippen molar-refractivity contribution in [1.82, 2.24) is 9.21 Å². The molecular formula is C18H20BrN3O4S2. The summed E-state index contributed by atoms with van der Waals surface area (Å²) in [6, 6.07) is 11.3. The largest absolute Gasteiger partial charge is 0.339 e. The van der Waals surface area contributed by atoms with Crippen LogP contribution in [0.5, 0.6) is 0 Å². The molecule has 0 aliphatic carbocycles. The van der Waals surface area contributed by atoms with Crippen LogP contribution < -0.4 is 5.32 Å². The van der Waals surface area contributed by atoms with E-state index in [-0.39, 0.29) is 15.7 Å². The second-order valence-electron chi connectivity index (χ2n) is 6.15. The summed E-state index contributed by atoms with van der Waals surface area (Å²) < 4.78 is 26.3. The Morgan fingerprint density at radius 1 is 1.04 bits per heavy atom. The molecule has 0 saturated carbocycles. The van der Waals surface area contributed by atoms with Crippen molar-refractivity contribution in [3.05, 3.63) is 52.5 Å². The number of halogens is 1. The van der Waals surface area contributed by atoms with E-state index in [1.54, 1.807) is 38.4 Å². The lowest BCUT2D eigenvalue weighted by atomic mass is 10.2. The van der Waals surface area contributed by atoms with Crippen LogP contribution in [0, 0.1) is 0 Å². The van der Waals surface area contributed by atoms with Crippen LogP contribution in [0.25, 0.3) is 0 Å². The molecule has 2 amide bonds. The van der Waals surface area contributed by atoms with Crippen molar-refractivity contribution in [3.63, 3.8) is 0 Å². The minimum absolute atomic E-state index is 0.00408. The average Bonchev–Trinajstić information content (AvgIpc) is 2.63. The standard InChI is InChI=1S/C18H20BrN3O4S2/c1-21(2)18(24)27-15-8-6-5-7-14(15)20-17(23)12-9-10-13(19)16(11-12)28(25,26)22(3)4/h5-11H,1-4H3,(H,20,23). The van der Waals surface area contributed by atoms with Crippen LogP contribution >= 0.6 is 27.7 Å². The van der Waals surface area contributed by atoms with Gasteiger partial charge in [0.1, 0.15) is 0 Å². The van der Waals surface area contributed by atoms with Gasteiger partial charge < -0.3 is 10.2 Å². The number of hydrogen-bond acceptors (Lipinski definition) is 5. The number of thioether (sulfide) groups is 1. The summed E-state index contributed by atoms with van der Waals surface area (Å²) in [5.74, 6) is -0.479. The zero-order valence-electron chi connectivity index (χ0n) is 15.8. The zero-order valence-corrected chi connectivity index (χ0v) is 19.0. The summed E-state index contributed by atoms with van der Waals surface area (Å²) in [6.07, 6.45) is 0. The van der Waals surface area contributed by atoms with Gasteiger partial charge in [-0.2, -0.15) is 0 Å². The number of para-hydroxylation sites is 1. The highest BCUT2D eigenvalue weighted by Crippen LogP contribution is 2.30. The van der Waals surface area contributed by atoms with Gasteiger partial charge in [-0.3, -0.25) is 9.59 Å². The molecule has 0 atom stereocenters. The van der Waals surface area contributed by atoms with E-state index in [1.807, 2.05) is 0 Å². The first-order chi connectivity index (χ1) is 13.0. The van der Waals surface area contributed by atoms with Crippen molar-refractivity contribution in [2.24, 2.45) is 0 Å². The number of carbonyl (C=O) groups excluding carboxylic acids is 2. The quantitative estimate of drug-likeness (QED) is 0.651. The normalized spacial score (nSPS) is 11.4. The van der Waals surface area contributed by atoms with Crippen LogP contribution in [0.4, 0.5) is 10.5 Å². The lowest BCUT2D eigenvalue weighted by molar-refractivity contribution is 0.102. The highest BCUT2D eigenvalue weighted by Gasteiger charge is 2.22. The third kappa shape index (κ3) is 5.13. The Bertz CT molecular complexity index is 1010. The number of rotatable bonds is 5. The number of benzene rings is 2. The van der Waals surface area contributed by atoms with Crippen molar-refractivity contribution in [2.75, 3.05) is 33.5 Å². The van der Waals surface area contributed by atoms with Gasteiger partial charge in [0.25, 0.3) is 11.1 Å². The Morgan fingerprint density at radius 3 is 2.29 bits per heavy atom. The summed E-state index contributed by atoms with van der Waals surface area (Å²) in [6.45, 7) is 0. The topological polar surface area (TPSA) is 86.8 Å². The summed E-state index contributed by atoms with van der Waals surface area (Å²) in [5.41, 5.74) is 0.648. The minimum Gasteiger partial charge on any atom is -0.339 e. The molecule has 150 valence electrons. The van der Waals surface area contributed by atoms with Gasteiger partial charge in [0.15, 0.2) is 0 Å². The molecule has 0 bridgehead atoms. The van der Waals surface area contributed by atoms with Crippen molar-refractivity contribution in [1.29, 1.82) is 0 Å². The number of sulfonamides is 1. The molecule has 2 aromatic carbocycles. The maximum atomic E-state index is 12.7. The summed E-state index contributed by atoms with van der Waals surface area (Å²) in [5, 5.41) is 2.57. The molecule has 2 rings (SSSR count). The summed E-state index contributed by atoms with van der Waals surface area (Å²) >= 11 is 4.21.